The van der Waals surface area contributed by atoms with Crippen molar-refractivity contribution in [1.82, 2.24) is 4.90 Å². The first kappa shape index (κ1) is 20.9. The van der Waals surface area contributed by atoms with Gasteiger partial charge < -0.3 is 0 Å². The van der Waals surface area contributed by atoms with Crippen LogP contribution in [0, 0.1) is 18.3 Å². The summed E-state index contributed by atoms with van der Waals surface area (Å²) in [7, 11) is 0. The molecule has 3 rings (SSSR count). The highest BCUT2D eigenvalue weighted by Gasteiger charge is 2.39. The van der Waals surface area contributed by atoms with Crippen LogP contribution in [0.25, 0.3) is 6.08 Å². The number of hydrogen-bond acceptors (Lipinski definition) is 1. The Morgan fingerprint density at radius 1 is 1.21 bits per heavy atom. The minimum Gasteiger partial charge on any atom is -0.297 e. The van der Waals surface area contributed by atoms with Crippen LogP contribution in [-0.2, 0) is 0 Å². The van der Waals surface area contributed by atoms with Crippen LogP contribution in [0.2, 0.25) is 0 Å². The third-order valence-corrected chi connectivity index (χ3v) is 6.39. The summed E-state index contributed by atoms with van der Waals surface area (Å²) in [6.07, 6.45) is 14.5. The van der Waals surface area contributed by atoms with Crippen LogP contribution in [0.1, 0.15) is 57.6 Å². The second-order valence-electron chi connectivity index (χ2n) is 8.93. The molecule has 1 aromatic rings. The Morgan fingerprint density at radius 2 is 1.89 bits per heavy atom. The highest BCUT2D eigenvalue weighted by Crippen LogP contribution is 2.40. The maximum Gasteiger partial charge on any atom is 0.0237 e. The Labute approximate surface area is 172 Å². The first-order chi connectivity index (χ1) is 13.5. The van der Waals surface area contributed by atoms with Gasteiger partial charge in [0.05, 0.1) is 0 Å². The van der Waals surface area contributed by atoms with Gasteiger partial charge in [-0.25, -0.2) is 0 Å². The Balaban J connectivity index is 1.79. The predicted molar refractivity (Wildman–Crippen MR) is 123 cm³/mol. The highest BCUT2D eigenvalue weighted by atomic mass is 15.2. The average Bonchev–Trinajstić information content (AvgIpc) is 3.50. The van der Waals surface area contributed by atoms with E-state index in [1.54, 1.807) is 0 Å². The molecule has 1 heteroatoms. The standard InChI is InChI=1S/C27H37N/c1-6-15-27(8-3)19-28(20-27)18-26(22(5)7-2)17-25(24-13-14-24)16-23-11-9-21(4)10-12-23/h7-12,16-17,24H,3,6,13-15,18-20H2,1-2,4-5H3/b22-7-,25-16-,26-17-. The summed E-state index contributed by atoms with van der Waals surface area (Å²) in [5, 5.41) is 0. The fourth-order valence-electron chi connectivity index (χ4n) is 4.30. The molecule has 1 heterocycles. The Morgan fingerprint density at radius 3 is 2.43 bits per heavy atom. The summed E-state index contributed by atoms with van der Waals surface area (Å²) >= 11 is 0. The normalized spacial score (nSPS) is 20.8. The zero-order valence-corrected chi connectivity index (χ0v) is 18.3. The third-order valence-electron chi connectivity index (χ3n) is 6.39. The van der Waals surface area contributed by atoms with Gasteiger partial charge >= 0.3 is 0 Å². The van der Waals surface area contributed by atoms with Crippen molar-refractivity contribution < 1.29 is 0 Å². The van der Waals surface area contributed by atoms with Gasteiger partial charge in [0.1, 0.15) is 0 Å². The van der Waals surface area contributed by atoms with Crippen molar-refractivity contribution >= 4 is 6.08 Å². The molecule has 1 saturated heterocycles. The lowest BCUT2D eigenvalue weighted by Crippen LogP contribution is -2.55. The summed E-state index contributed by atoms with van der Waals surface area (Å²) in [6, 6.07) is 8.90. The van der Waals surface area contributed by atoms with E-state index in [0.29, 0.717) is 5.41 Å². The number of benzene rings is 1. The maximum absolute atomic E-state index is 4.11. The van der Waals surface area contributed by atoms with Crippen LogP contribution in [-0.4, -0.2) is 24.5 Å². The van der Waals surface area contributed by atoms with E-state index in [9.17, 15) is 0 Å². The second-order valence-corrected chi connectivity index (χ2v) is 8.93. The highest BCUT2D eigenvalue weighted by molar-refractivity contribution is 5.59. The van der Waals surface area contributed by atoms with E-state index < -0.39 is 0 Å². The van der Waals surface area contributed by atoms with E-state index in [-0.39, 0.29) is 0 Å². The van der Waals surface area contributed by atoms with Crippen molar-refractivity contribution in [2.75, 3.05) is 19.6 Å². The molecular weight excluding hydrogens is 338 g/mol. The molecule has 1 aromatic carbocycles. The smallest absolute Gasteiger partial charge is 0.0237 e. The molecule has 1 aliphatic carbocycles. The summed E-state index contributed by atoms with van der Waals surface area (Å²) in [5.74, 6) is 0.740. The van der Waals surface area contributed by atoms with Gasteiger partial charge in [0.15, 0.2) is 0 Å². The van der Waals surface area contributed by atoms with E-state index in [1.807, 2.05) is 0 Å². The number of likely N-dealkylation sites (tertiary alicyclic amines) is 1. The molecule has 0 radical (unpaired) electrons. The molecule has 0 bridgehead atoms. The van der Waals surface area contributed by atoms with Gasteiger partial charge in [-0.05, 0) is 62.7 Å². The average molecular weight is 376 g/mol. The van der Waals surface area contributed by atoms with Crippen LogP contribution < -0.4 is 0 Å². The fraction of sp³-hybridized carbons (Fsp3) is 0.481. The SMILES string of the molecule is C=CC1(CCC)CN(CC(=C/C(=C/c2ccc(C)cc2)C2CC2)/C(C)=C\C)C1. The van der Waals surface area contributed by atoms with Crippen molar-refractivity contribution in [1.29, 1.82) is 0 Å². The molecular formula is C27H37N. The second kappa shape index (κ2) is 9.09. The van der Waals surface area contributed by atoms with E-state index in [2.05, 4.69) is 87.7 Å². The number of hydrogen-bond donors (Lipinski definition) is 0. The molecule has 28 heavy (non-hydrogen) atoms. The molecule has 150 valence electrons. The first-order valence-electron chi connectivity index (χ1n) is 11.0. The number of rotatable bonds is 9. The molecule has 0 aromatic heterocycles. The van der Waals surface area contributed by atoms with E-state index >= 15 is 0 Å². The minimum absolute atomic E-state index is 0.348. The van der Waals surface area contributed by atoms with Crippen LogP contribution in [0.5, 0.6) is 0 Å². The molecule has 0 amide bonds. The monoisotopic (exact) mass is 375 g/mol. The molecule has 2 aliphatic rings. The lowest BCUT2D eigenvalue weighted by Gasteiger charge is -2.49. The Bertz CT molecular complexity index is 765. The zero-order chi connectivity index (χ0) is 20.1. The maximum atomic E-state index is 4.11. The quantitative estimate of drug-likeness (QED) is 0.333. The number of nitrogens with zero attached hydrogens (tertiary/aromatic N) is 1. The summed E-state index contributed by atoms with van der Waals surface area (Å²) < 4.78 is 0. The van der Waals surface area contributed by atoms with Gasteiger partial charge in [0.2, 0.25) is 0 Å². The van der Waals surface area contributed by atoms with Crippen LogP contribution in [0.4, 0.5) is 0 Å². The predicted octanol–water partition coefficient (Wildman–Crippen LogP) is 6.97. The van der Waals surface area contributed by atoms with Crippen LogP contribution in [0.3, 0.4) is 0 Å². The third kappa shape index (κ3) is 5.14. The first-order valence-corrected chi connectivity index (χ1v) is 11.0. The van der Waals surface area contributed by atoms with Crippen molar-refractivity contribution in [3.8, 4) is 0 Å². The number of allylic oxidation sites excluding steroid dienone is 3. The number of aryl methyl sites for hydroxylation is 1. The molecule has 1 saturated carbocycles. The molecule has 0 unspecified atom stereocenters. The molecule has 0 N–H and O–H groups in total. The summed E-state index contributed by atoms with van der Waals surface area (Å²) in [6.45, 7) is 16.3. The molecule has 0 atom stereocenters. The minimum atomic E-state index is 0.348. The van der Waals surface area contributed by atoms with Crippen LogP contribution >= 0.6 is 0 Å². The lowest BCUT2D eigenvalue weighted by atomic mass is 9.76. The van der Waals surface area contributed by atoms with Gasteiger partial charge in [-0.1, -0.05) is 73.1 Å². The van der Waals surface area contributed by atoms with Crippen molar-refractivity contribution in [2.24, 2.45) is 11.3 Å². The summed E-state index contributed by atoms with van der Waals surface area (Å²) in [4.78, 5) is 2.59. The van der Waals surface area contributed by atoms with Crippen molar-refractivity contribution in [3.05, 3.63) is 76.9 Å². The lowest BCUT2D eigenvalue weighted by molar-refractivity contribution is 0.0418. The fourth-order valence-corrected chi connectivity index (χ4v) is 4.30. The molecule has 1 nitrogen and oxygen atoms in total. The van der Waals surface area contributed by atoms with Gasteiger partial charge in [0, 0.05) is 25.0 Å². The van der Waals surface area contributed by atoms with Crippen molar-refractivity contribution in [2.45, 2.75) is 53.4 Å². The molecule has 1 aliphatic heterocycles. The van der Waals surface area contributed by atoms with Gasteiger partial charge in [-0.3, -0.25) is 4.90 Å². The van der Waals surface area contributed by atoms with Gasteiger partial charge in [-0.2, -0.15) is 0 Å². The Hall–Kier alpha value is -1.86. The van der Waals surface area contributed by atoms with E-state index in [0.717, 1.165) is 25.6 Å². The summed E-state index contributed by atoms with van der Waals surface area (Å²) in [5.41, 5.74) is 7.37. The molecule has 0 spiro atoms. The van der Waals surface area contributed by atoms with E-state index in [1.165, 1.54) is 53.5 Å². The van der Waals surface area contributed by atoms with E-state index in [4.69, 9.17) is 0 Å². The van der Waals surface area contributed by atoms with Gasteiger partial charge in [-0.15, -0.1) is 6.58 Å². The largest absolute Gasteiger partial charge is 0.297 e. The zero-order valence-electron chi connectivity index (χ0n) is 18.3. The topological polar surface area (TPSA) is 3.24 Å². The van der Waals surface area contributed by atoms with Gasteiger partial charge in [0.25, 0.3) is 0 Å². The van der Waals surface area contributed by atoms with Crippen molar-refractivity contribution in [3.63, 3.8) is 0 Å². The Kier molecular flexibility index (Phi) is 6.78. The molecule has 2 fully saturated rings. The van der Waals surface area contributed by atoms with Crippen LogP contribution in [0.15, 0.2) is 65.8 Å².